The third kappa shape index (κ3) is 5.27. The molecule has 0 spiro atoms. The predicted molar refractivity (Wildman–Crippen MR) is 96.0 cm³/mol. The lowest BCUT2D eigenvalue weighted by molar-refractivity contribution is -0.183. The van der Waals surface area contributed by atoms with Gasteiger partial charge in [0.05, 0.1) is 19.8 Å². The van der Waals surface area contributed by atoms with Crippen LogP contribution in [0.5, 0.6) is 5.75 Å². The highest BCUT2D eigenvalue weighted by atomic mass is 16.7. The van der Waals surface area contributed by atoms with Crippen LogP contribution in [0, 0.1) is 5.92 Å². The number of aldehydes is 1. The maximum Gasteiger partial charge on any atom is 0.184 e. The Hall–Kier alpha value is -1.43. The average Bonchev–Trinajstić information content (AvgIpc) is 2.67. The fourth-order valence-corrected chi connectivity index (χ4v) is 3.53. The van der Waals surface area contributed by atoms with Gasteiger partial charge in [-0.15, -0.1) is 0 Å². The van der Waals surface area contributed by atoms with Crippen molar-refractivity contribution in [3.63, 3.8) is 0 Å². The number of hydrogen-bond donors (Lipinski definition) is 0. The first-order chi connectivity index (χ1) is 12.3. The quantitative estimate of drug-likeness (QED) is 0.559. The standard InChI is InChI=1S/C20H29NO4/c1-21-9-7-16(8-10-21)4-2-11-23-18-6-5-17(15-22)19(14-18)20-24-12-3-13-25-20/h5-6,14-16,20H,2-4,7-13H2,1H3. The monoisotopic (exact) mass is 347 g/mol. The van der Waals surface area contributed by atoms with Crippen LogP contribution in [0.1, 0.15) is 54.3 Å². The molecule has 1 aromatic carbocycles. The van der Waals surface area contributed by atoms with Gasteiger partial charge in [0.25, 0.3) is 0 Å². The Kier molecular flexibility index (Phi) is 6.84. The van der Waals surface area contributed by atoms with E-state index in [1.54, 1.807) is 6.07 Å². The number of carbonyl (C=O) groups is 1. The summed E-state index contributed by atoms with van der Waals surface area (Å²) in [5.41, 5.74) is 1.37. The van der Waals surface area contributed by atoms with Crippen molar-refractivity contribution in [1.29, 1.82) is 0 Å². The van der Waals surface area contributed by atoms with Crippen molar-refractivity contribution in [3.05, 3.63) is 29.3 Å². The van der Waals surface area contributed by atoms with E-state index in [0.29, 0.717) is 25.4 Å². The van der Waals surface area contributed by atoms with Crippen molar-refractivity contribution in [2.24, 2.45) is 5.92 Å². The molecule has 138 valence electrons. The number of nitrogens with zero attached hydrogens (tertiary/aromatic N) is 1. The molecule has 0 aromatic heterocycles. The Labute approximate surface area is 150 Å². The zero-order valence-electron chi connectivity index (χ0n) is 15.1. The van der Waals surface area contributed by atoms with E-state index in [-0.39, 0.29) is 0 Å². The molecule has 0 N–H and O–H groups in total. The largest absolute Gasteiger partial charge is 0.494 e. The van der Waals surface area contributed by atoms with Crippen molar-refractivity contribution in [1.82, 2.24) is 4.90 Å². The molecule has 2 heterocycles. The van der Waals surface area contributed by atoms with Gasteiger partial charge in [-0.3, -0.25) is 4.79 Å². The lowest BCUT2D eigenvalue weighted by Crippen LogP contribution is -2.30. The molecular formula is C20H29NO4. The molecule has 25 heavy (non-hydrogen) atoms. The molecule has 0 atom stereocenters. The number of ether oxygens (including phenoxy) is 3. The van der Waals surface area contributed by atoms with Crippen LogP contribution in [0.15, 0.2) is 18.2 Å². The summed E-state index contributed by atoms with van der Waals surface area (Å²) in [4.78, 5) is 13.7. The highest BCUT2D eigenvalue weighted by Gasteiger charge is 2.21. The van der Waals surface area contributed by atoms with Gasteiger partial charge in [0, 0.05) is 11.1 Å². The second-order valence-corrected chi connectivity index (χ2v) is 7.07. The van der Waals surface area contributed by atoms with Crippen LogP contribution in [0.3, 0.4) is 0 Å². The molecule has 0 unspecified atom stereocenters. The van der Waals surface area contributed by atoms with Crippen molar-refractivity contribution in [2.45, 2.75) is 38.4 Å². The summed E-state index contributed by atoms with van der Waals surface area (Å²) in [7, 11) is 2.19. The predicted octanol–water partition coefficient (Wildman–Crippen LogP) is 3.44. The van der Waals surface area contributed by atoms with Crippen LogP contribution in [-0.4, -0.2) is 51.1 Å². The minimum absolute atomic E-state index is 0.461. The maximum atomic E-state index is 11.3. The molecule has 0 radical (unpaired) electrons. The van der Waals surface area contributed by atoms with Crippen molar-refractivity contribution < 1.29 is 19.0 Å². The summed E-state index contributed by atoms with van der Waals surface area (Å²) in [6, 6.07) is 5.52. The SMILES string of the molecule is CN1CCC(CCCOc2ccc(C=O)c(C3OCCCO3)c2)CC1. The highest BCUT2D eigenvalue weighted by molar-refractivity contribution is 5.77. The molecule has 0 amide bonds. The van der Waals surface area contributed by atoms with Crippen LogP contribution < -0.4 is 4.74 Å². The Morgan fingerprint density at radius 3 is 2.72 bits per heavy atom. The Morgan fingerprint density at radius 2 is 2.00 bits per heavy atom. The van der Waals surface area contributed by atoms with Gasteiger partial charge in [-0.2, -0.15) is 0 Å². The molecule has 0 bridgehead atoms. The summed E-state index contributed by atoms with van der Waals surface area (Å²) >= 11 is 0. The van der Waals surface area contributed by atoms with Gasteiger partial charge in [-0.25, -0.2) is 0 Å². The summed E-state index contributed by atoms with van der Waals surface area (Å²) < 4.78 is 17.2. The minimum atomic E-state index is -0.461. The number of benzene rings is 1. The zero-order chi connectivity index (χ0) is 17.5. The van der Waals surface area contributed by atoms with Gasteiger partial charge < -0.3 is 19.1 Å². The van der Waals surface area contributed by atoms with E-state index in [0.717, 1.165) is 36.4 Å². The third-order valence-electron chi connectivity index (χ3n) is 5.13. The zero-order valence-corrected chi connectivity index (χ0v) is 15.1. The van der Waals surface area contributed by atoms with Crippen molar-refractivity contribution in [3.8, 4) is 5.75 Å². The number of piperidine rings is 1. The molecule has 2 aliphatic heterocycles. The molecule has 2 aliphatic rings. The van der Waals surface area contributed by atoms with E-state index >= 15 is 0 Å². The van der Waals surface area contributed by atoms with E-state index in [1.165, 1.54) is 32.4 Å². The Balaban J connectivity index is 1.49. The summed E-state index contributed by atoms with van der Waals surface area (Å²) in [6.07, 6.45) is 6.16. The molecule has 2 saturated heterocycles. The van der Waals surface area contributed by atoms with Gasteiger partial charge >= 0.3 is 0 Å². The molecule has 3 rings (SSSR count). The topological polar surface area (TPSA) is 48.0 Å². The molecule has 5 nitrogen and oxygen atoms in total. The Morgan fingerprint density at radius 1 is 1.24 bits per heavy atom. The maximum absolute atomic E-state index is 11.3. The van der Waals surface area contributed by atoms with Crippen molar-refractivity contribution in [2.75, 3.05) is 40.0 Å². The molecule has 5 heteroatoms. The fourth-order valence-electron chi connectivity index (χ4n) is 3.53. The summed E-state index contributed by atoms with van der Waals surface area (Å²) in [5, 5.41) is 0. The molecule has 0 aliphatic carbocycles. The van der Waals surface area contributed by atoms with E-state index in [4.69, 9.17) is 14.2 Å². The van der Waals surface area contributed by atoms with Crippen LogP contribution in [0.4, 0.5) is 0 Å². The molecule has 0 saturated carbocycles. The number of hydrogen-bond acceptors (Lipinski definition) is 5. The van der Waals surface area contributed by atoms with E-state index < -0.39 is 6.29 Å². The number of likely N-dealkylation sites (tertiary alicyclic amines) is 1. The smallest absolute Gasteiger partial charge is 0.184 e. The minimum Gasteiger partial charge on any atom is -0.494 e. The lowest BCUT2D eigenvalue weighted by Gasteiger charge is -2.28. The summed E-state index contributed by atoms with van der Waals surface area (Å²) in [6.45, 7) is 4.45. The van der Waals surface area contributed by atoms with Gasteiger partial charge in [0.1, 0.15) is 5.75 Å². The molecule has 1 aromatic rings. The number of carbonyl (C=O) groups excluding carboxylic acids is 1. The van der Waals surface area contributed by atoms with Crippen LogP contribution in [0.2, 0.25) is 0 Å². The van der Waals surface area contributed by atoms with Gasteiger partial charge in [0.15, 0.2) is 12.6 Å². The second kappa shape index (κ2) is 9.32. The second-order valence-electron chi connectivity index (χ2n) is 7.07. The van der Waals surface area contributed by atoms with Crippen LogP contribution in [-0.2, 0) is 9.47 Å². The first-order valence-electron chi connectivity index (χ1n) is 9.40. The first kappa shape index (κ1) is 18.4. The van der Waals surface area contributed by atoms with E-state index in [1.807, 2.05) is 12.1 Å². The van der Waals surface area contributed by atoms with Crippen molar-refractivity contribution >= 4 is 6.29 Å². The van der Waals surface area contributed by atoms with Gasteiger partial charge in [0.2, 0.25) is 0 Å². The number of rotatable bonds is 7. The Bertz CT molecular complexity index is 549. The first-order valence-corrected chi connectivity index (χ1v) is 9.40. The van der Waals surface area contributed by atoms with E-state index in [2.05, 4.69) is 11.9 Å². The normalized spacial score (nSPS) is 20.5. The van der Waals surface area contributed by atoms with Crippen LogP contribution >= 0.6 is 0 Å². The highest BCUT2D eigenvalue weighted by Crippen LogP contribution is 2.29. The fraction of sp³-hybridized carbons (Fsp3) is 0.650. The lowest BCUT2D eigenvalue weighted by atomic mass is 9.93. The van der Waals surface area contributed by atoms with Crippen LogP contribution in [0.25, 0.3) is 0 Å². The van der Waals surface area contributed by atoms with E-state index in [9.17, 15) is 4.79 Å². The third-order valence-corrected chi connectivity index (χ3v) is 5.13. The van der Waals surface area contributed by atoms with Gasteiger partial charge in [-0.05, 0) is 76.4 Å². The molecular weight excluding hydrogens is 318 g/mol. The average molecular weight is 347 g/mol. The van der Waals surface area contributed by atoms with Gasteiger partial charge in [-0.1, -0.05) is 0 Å². The molecule has 2 fully saturated rings. The summed E-state index contributed by atoms with van der Waals surface area (Å²) in [5.74, 6) is 1.61.